The largest absolute Gasteiger partial charge is 0.386 e. The van der Waals surface area contributed by atoms with Gasteiger partial charge in [-0.2, -0.15) is 10.4 Å². The van der Waals surface area contributed by atoms with Gasteiger partial charge in [0.1, 0.15) is 0 Å². The summed E-state index contributed by atoms with van der Waals surface area (Å²) in [6.45, 7) is 10.9. The van der Waals surface area contributed by atoms with Crippen molar-refractivity contribution in [3.05, 3.63) is 71.8 Å². The predicted octanol–water partition coefficient (Wildman–Crippen LogP) is 8.29. The Morgan fingerprint density at radius 3 is 1.75 bits per heavy atom. The van der Waals surface area contributed by atoms with Gasteiger partial charge in [-0.25, -0.2) is 29.8 Å². The molecule has 0 amide bonds. The van der Waals surface area contributed by atoms with E-state index in [9.17, 15) is 9.59 Å². The number of nitriles is 1. The molecule has 0 aliphatic carbocycles. The van der Waals surface area contributed by atoms with Crippen molar-refractivity contribution in [3.8, 4) is 6.07 Å². The summed E-state index contributed by atoms with van der Waals surface area (Å²) in [4.78, 5) is 36.3. The molecular formula is C31H45N3O6. The van der Waals surface area contributed by atoms with Crippen LogP contribution in [0.1, 0.15) is 93.9 Å². The number of unbranched alkanes of at least 4 members (excludes halogenated alkanes) is 3. The standard InChI is InChI=1S/C14H10O4.C12H26O2.C5H9N3/c15-13(11-7-3-1-4-8-11)17-18-14(16)12-9-5-2-6-10-12;1-5-6-7-8-9-12(10(2)3)11(4)14-13;1-5(4-6)2-3-8-7/h1-10H;10-13H,5-9H2,1-4H3;5,7H,2-3H2,1H3. The maximum atomic E-state index is 11.5. The molecule has 3 unspecified atom stereocenters. The molecule has 220 valence electrons. The van der Waals surface area contributed by atoms with Crippen molar-refractivity contribution in [2.75, 3.05) is 6.54 Å². The van der Waals surface area contributed by atoms with Gasteiger partial charge < -0.3 is 0 Å². The second kappa shape index (κ2) is 23.3. The highest BCUT2D eigenvalue weighted by molar-refractivity contribution is 5.92. The molecule has 0 bridgehead atoms. The molecule has 9 heteroatoms. The molecular weight excluding hydrogens is 510 g/mol. The number of nitrogens with zero attached hydrogens (tertiary/aromatic N) is 2. The first-order chi connectivity index (χ1) is 19.2. The maximum absolute atomic E-state index is 11.5. The van der Waals surface area contributed by atoms with E-state index in [1.54, 1.807) is 60.7 Å². The molecule has 0 aliphatic heterocycles. The van der Waals surface area contributed by atoms with Crippen LogP contribution in [0, 0.1) is 34.6 Å². The Labute approximate surface area is 238 Å². The smallest absolute Gasteiger partial charge is 0.252 e. The number of hydrogen-bond donors (Lipinski definition) is 2. The monoisotopic (exact) mass is 555 g/mol. The van der Waals surface area contributed by atoms with Crippen LogP contribution in [0.5, 0.6) is 0 Å². The van der Waals surface area contributed by atoms with Crippen LogP contribution in [0.4, 0.5) is 0 Å². The van der Waals surface area contributed by atoms with Crippen molar-refractivity contribution in [1.82, 2.24) is 0 Å². The summed E-state index contributed by atoms with van der Waals surface area (Å²) in [6, 6.07) is 18.6. The fourth-order valence-electron chi connectivity index (χ4n) is 3.64. The topological polar surface area (TPSA) is 142 Å². The van der Waals surface area contributed by atoms with E-state index in [-0.39, 0.29) is 12.0 Å². The van der Waals surface area contributed by atoms with Crippen molar-refractivity contribution in [2.24, 2.45) is 22.9 Å². The van der Waals surface area contributed by atoms with Gasteiger partial charge in [0.15, 0.2) is 0 Å². The van der Waals surface area contributed by atoms with Crippen LogP contribution in [0.25, 0.3) is 0 Å². The zero-order chi connectivity index (χ0) is 30.2. The number of nitrogens with one attached hydrogen (secondary N) is 1. The van der Waals surface area contributed by atoms with Gasteiger partial charge >= 0.3 is 11.9 Å². The van der Waals surface area contributed by atoms with Crippen LogP contribution in [0.3, 0.4) is 0 Å². The van der Waals surface area contributed by atoms with Gasteiger partial charge in [0, 0.05) is 5.92 Å². The van der Waals surface area contributed by atoms with Crippen LogP contribution in [0.2, 0.25) is 0 Å². The summed E-state index contributed by atoms with van der Waals surface area (Å²) in [5.74, 6) is -0.306. The van der Waals surface area contributed by atoms with Crippen molar-refractivity contribution in [2.45, 2.75) is 79.2 Å². The highest BCUT2D eigenvalue weighted by Crippen LogP contribution is 2.24. The fraction of sp³-hybridized carbons (Fsp3) is 0.516. The third-order valence-corrected chi connectivity index (χ3v) is 6.12. The van der Waals surface area contributed by atoms with Crippen molar-refractivity contribution >= 4 is 11.9 Å². The second-order valence-corrected chi connectivity index (χ2v) is 9.74. The summed E-state index contributed by atoms with van der Waals surface area (Å²) in [6.07, 6.45) is 7.00. The molecule has 0 spiro atoms. The Hall–Kier alpha value is -3.61. The summed E-state index contributed by atoms with van der Waals surface area (Å²) < 4.78 is 0. The number of hydrogen-bond acceptors (Lipinski definition) is 9. The fourth-order valence-corrected chi connectivity index (χ4v) is 3.64. The van der Waals surface area contributed by atoms with E-state index in [1.807, 2.05) is 13.8 Å². The van der Waals surface area contributed by atoms with Gasteiger partial charge in [0.2, 0.25) is 0 Å². The molecule has 2 aromatic rings. The van der Waals surface area contributed by atoms with Crippen LogP contribution < -0.4 is 0 Å². The Bertz CT molecular complexity index is 928. The lowest BCUT2D eigenvalue weighted by Gasteiger charge is -2.24. The molecule has 9 nitrogen and oxygen atoms in total. The lowest BCUT2D eigenvalue weighted by molar-refractivity contribution is -0.288. The molecule has 0 fully saturated rings. The van der Waals surface area contributed by atoms with E-state index in [0.717, 1.165) is 0 Å². The van der Waals surface area contributed by atoms with Crippen LogP contribution in [-0.4, -0.2) is 29.8 Å². The average Bonchev–Trinajstić information content (AvgIpc) is 2.99. The quantitative estimate of drug-likeness (QED) is 0.109. The van der Waals surface area contributed by atoms with Gasteiger partial charge in [-0.3, -0.25) is 5.26 Å². The SMILES string of the molecule is CC(C#N)CCN=N.CCCCCCC(C(C)C)C(C)OO.O=C(OOC(=O)c1ccccc1)c1ccccc1. The van der Waals surface area contributed by atoms with Crippen molar-refractivity contribution < 1.29 is 29.5 Å². The molecule has 40 heavy (non-hydrogen) atoms. The number of carbonyl (C=O) groups excluding carboxylic acids is 2. The molecule has 0 heterocycles. The summed E-state index contributed by atoms with van der Waals surface area (Å²) in [5.41, 5.74) is 7.02. The van der Waals surface area contributed by atoms with E-state index < -0.39 is 11.9 Å². The Morgan fingerprint density at radius 2 is 1.38 bits per heavy atom. The summed E-state index contributed by atoms with van der Waals surface area (Å²) in [5, 5.41) is 20.0. The van der Waals surface area contributed by atoms with Crippen LogP contribution in [0.15, 0.2) is 65.8 Å². The van der Waals surface area contributed by atoms with Crippen molar-refractivity contribution in [1.29, 1.82) is 10.8 Å². The Balaban J connectivity index is 0.000000617. The maximum Gasteiger partial charge on any atom is 0.386 e. The van der Waals surface area contributed by atoms with E-state index >= 15 is 0 Å². The number of benzene rings is 2. The molecule has 0 radical (unpaired) electrons. The Kier molecular flexibility index (Phi) is 21.2. The zero-order valence-corrected chi connectivity index (χ0v) is 24.4. The first-order valence-corrected chi connectivity index (χ1v) is 13.8. The van der Waals surface area contributed by atoms with E-state index in [2.05, 4.69) is 46.6 Å². The normalized spacial score (nSPS) is 12.2. The average molecular weight is 556 g/mol. The Morgan fingerprint density at radius 1 is 0.875 bits per heavy atom. The van der Waals surface area contributed by atoms with E-state index in [4.69, 9.17) is 16.1 Å². The predicted molar refractivity (Wildman–Crippen MR) is 153 cm³/mol. The van der Waals surface area contributed by atoms with Gasteiger partial charge in [-0.05, 0) is 62.8 Å². The minimum atomic E-state index is -0.708. The van der Waals surface area contributed by atoms with Crippen LogP contribution >= 0.6 is 0 Å². The second-order valence-electron chi connectivity index (χ2n) is 9.74. The molecule has 2 rings (SSSR count). The molecule has 0 saturated heterocycles. The molecule has 0 saturated carbocycles. The summed E-state index contributed by atoms with van der Waals surface area (Å²) >= 11 is 0. The van der Waals surface area contributed by atoms with Gasteiger partial charge in [-0.15, -0.1) is 0 Å². The first-order valence-electron chi connectivity index (χ1n) is 13.8. The van der Waals surface area contributed by atoms with Gasteiger partial charge in [0.25, 0.3) is 0 Å². The molecule has 2 N–H and O–H groups in total. The number of rotatable bonds is 13. The number of carbonyl (C=O) groups is 2. The minimum Gasteiger partial charge on any atom is -0.252 e. The lowest BCUT2D eigenvalue weighted by atomic mass is 9.86. The van der Waals surface area contributed by atoms with Crippen LogP contribution in [-0.2, 0) is 14.7 Å². The third-order valence-electron chi connectivity index (χ3n) is 6.12. The molecule has 2 aromatic carbocycles. The lowest BCUT2D eigenvalue weighted by Crippen LogP contribution is -2.24. The third kappa shape index (κ3) is 17.1. The van der Waals surface area contributed by atoms with Gasteiger partial charge in [0.05, 0.1) is 29.8 Å². The van der Waals surface area contributed by atoms with E-state index in [0.29, 0.717) is 35.9 Å². The molecule has 0 aromatic heterocycles. The first kappa shape index (κ1) is 36.4. The highest BCUT2D eigenvalue weighted by atomic mass is 17.2. The zero-order valence-electron chi connectivity index (χ0n) is 24.4. The van der Waals surface area contributed by atoms with Gasteiger partial charge in [-0.1, -0.05) is 82.9 Å². The highest BCUT2D eigenvalue weighted by Gasteiger charge is 2.21. The summed E-state index contributed by atoms with van der Waals surface area (Å²) in [7, 11) is 0. The molecule has 3 atom stereocenters. The van der Waals surface area contributed by atoms with Crippen molar-refractivity contribution in [3.63, 3.8) is 0 Å². The molecule has 0 aliphatic rings. The minimum absolute atomic E-state index is 0.0309. The van der Waals surface area contributed by atoms with E-state index in [1.165, 1.54) is 32.1 Å².